The molecule has 0 aromatic carbocycles. The van der Waals surface area contributed by atoms with Crippen LogP contribution in [0.3, 0.4) is 0 Å². The number of carbonyl (C=O) groups is 4. The normalized spacial score (nSPS) is 11.4. The van der Waals surface area contributed by atoms with E-state index in [2.05, 4.69) is 5.32 Å². The van der Waals surface area contributed by atoms with Gasteiger partial charge in [-0.1, -0.05) is 6.92 Å². The lowest BCUT2D eigenvalue weighted by Crippen LogP contribution is -2.45. The van der Waals surface area contributed by atoms with Gasteiger partial charge < -0.3 is 14.7 Å². The highest BCUT2D eigenvalue weighted by molar-refractivity contribution is 5.95. The van der Waals surface area contributed by atoms with Gasteiger partial charge in [0.15, 0.2) is 0 Å². The molecule has 0 aromatic rings. The first-order chi connectivity index (χ1) is 9.79. The Labute approximate surface area is 123 Å². The van der Waals surface area contributed by atoms with Crippen LogP contribution in [0.25, 0.3) is 0 Å². The van der Waals surface area contributed by atoms with Crippen molar-refractivity contribution in [2.24, 2.45) is 5.92 Å². The zero-order valence-corrected chi connectivity index (χ0v) is 12.5. The SMILES string of the molecule is CCOC(=O)CN(CC)C(=O)NC(=O)CC(C)CC(=O)O. The summed E-state index contributed by atoms with van der Waals surface area (Å²) >= 11 is 0. The van der Waals surface area contributed by atoms with Gasteiger partial charge in [0.25, 0.3) is 0 Å². The summed E-state index contributed by atoms with van der Waals surface area (Å²) in [5, 5.41) is 10.7. The molecule has 0 radical (unpaired) electrons. The first-order valence-corrected chi connectivity index (χ1v) is 6.76. The fourth-order valence-electron chi connectivity index (χ4n) is 1.63. The third-order valence-electron chi connectivity index (χ3n) is 2.60. The molecule has 0 saturated heterocycles. The number of hydrogen-bond acceptors (Lipinski definition) is 5. The van der Waals surface area contributed by atoms with E-state index in [0.29, 0.717) is 0 Å². The summed E-state index contributed by atoms with van der Waals surface area (Å²) in [5.41, 5.74) is 0. The molecular weight excluding hydrogens is 280 g/mol. The van der Waals surface area contributed by atoms with Crippen LogP contribution in [0.15, 0.2) is 0 Å². The van der Waals surface area contributed by atoms with Crippen LogP contribution in [0, 0.1) is 5.92 Å². The Balaban J connectivity index is 4.33. The molecule has 8 heteroatoms. The molecular formula is C13H22N2O6. The minimum atomic E-state index is -1.00. The first kappa shape index (κ1) is 18.9. The maximum Gasteiger partial charge on any atom is 0.325 e. The van der Waals surface area contributed by atoms with Gasteiger partial charge in [-0.25, -0.2) is 4.79 Å². The Bertz CT molecular complexity index is 396. The van der Waals surface area contributed by atoms with Gasteiger partial charge in [0, 0.05) is 19.4 Å². The molecule has 3 amide bonds. The second-order valence-electron chi connectivity index (χ2n) is 4.58. The molecule has 0 rings (SSSR count). The monoisotopic (exact) mass is 302 g/mol. The molecule has 0 aliphatic heterocycles. The fourth-order valence-corrected chi connectivity index (χ4v) is 1.63. The minimum Gasteiger partial charge on any atom is -0.481 e. The summed E-state index contributed by atoms with van der Waals surface area (Å²) in [6, 6.07) is -0.696. The second-order valence-corrected chi connectivity index (χ2v) is 4.58. The summed E-state index contributed by atoms with van der Waals surface area (Å²) in [6.45, 7) is 5.13. The third-order valence-corrected chi connectivity index (χ3v) is 2.60. The van der Waals surface area contributed by atoms with E-state index in [9.17, 15) is 19.2 Å². The average molecular weight is 302 g/mol. The molecule has 1 unspecified atom stereocenters. The number of aliphatic carboxylic acids is 1. The van der Waals surface area contributed by atoms with Crippen LogP contribution in [-0.4, -0.2) is 53.6 Å². The van der Waals surface area contributed by atoms with E-state index in [0.717, 1.165) is 4.90 Å². The van der Waals surface area contributed by atoms with E-state index in [1.54, 1.807) is 20.8 Å². The molecule has 120 valence electrons. The molecule has 0 bridgehead atoms. The van der Waals surface area contributed by atoms with E-state index in [4.69, 9.17) is 9.84 Å². The van der Waals surface area contributed by atoms with Crippen LogP contribution >= 0.6 is 0 Å². The first-order valence-electron chi connectivity index (χ1n) is 6.76. The molecule has 8 nitrogen and oxygen atoms in total. The standard InChI is InChI=1S/C13H22N2O6/c1-4-15(8-12(19)21-5-2)13(20)14-10(16)6-9(3)7-11(17)18/h9H,4-8H2,1-3H3,(H,17,18)(H,14,16,20). The Kier molecular flexibility index (Phi) is 8.75. The number of imide groups is 1. The number of likely N-dealkylation sites (N-methyl/N-ethyl adjacent to an activating group) is 1. The van der Waals surface area contributed by atoms with E-state index in [1.165, 1.54) is 0 Å². The Morgan fingerprint density at radius 1 is 1.19 bits per heavy atom. The maximum absolute atomic E-state index is 11.8. The molecule has 0 aromatic heterocycles. The lowest BCUT2D eigenvalue weighted by Gasteiger charge is -2.20. The van der Waals surface area contributed by atoms with Gasteiger partial charge in [-0.05, 0) is 19.8 Å². The Morgan fingerprint density at radius 3 is 2.29 bits per heavy atom. The van der Waals surface area contributed by atoms with Crippen molar-refractivity contribution in [3.63, 3.8) is 0 Å². The largest absolute Gasteiger partial charge is 0.481 e. The molecule has 1 atom stereocenters. The summed E-state index contributed by atoms with van der Waals surface area (Å²) in [7, 11) is 0. The smallest absolute Gasteiger partial charge is 0.325 e. The second kappa shape index (κ2) is 9.73. The Morgan fingerprint density at radius 2 is 1.81 bits per heavy atom. The summed E-state index contributed by atoms with van der Waals surface area (Å²) in [6.07, 6.45) is -0.225. The van der Waals surface area contributed by atoms with Crippen molar-refractivity contribution in [1.29, 1.82) is 0 Å². The molecule has 0 heterocycles. The maximum atomic E-state index is 11.8. The van der Waals surface area contributed by atoms with Crippen molar-refractivity contribution >= 4 is 23.9 Å². The van der Waals surface area contributed by atoms with Crippen molar-refractivity contribution in [3.8, 4) is 0 Å². The van der Waals surface area contributed by atoms with Crippen molar-refractivity contribution < 1.29 is 29.0 Å². The van der Waals surface area contributed by atoms with Crippen molar-refractivity contribution in [2.45, 2.75) is 33.6 Å². The number of esters is 1. The van der Waals surface area contributed by atoms with Gasteiger partial charge in [0.2, 0.25) is 5.91 Å². The molecule has 0 aliphatic carbocycles. The van der Waals surface area contributed by atoms with Crippen LogP contribution in [0.2, 0.25) is 0 Å². The lowest BCUT2D eigenvalue weighted by molar-refractivity contribution is -0.144. The van der Waals surface area contributed by atoms with Crippen molar-refractivity contribution in [3.05, 3.63) is 0 Å². The van der Waals surface area contributed by atoms with Gasteiger partial charge in [-0.2, -0.15) is 0 Å². The molecule has 0 spiro atoms. The topological polar surface area (TPSA) is 113 Å². The number of carboxylic acids is 1. The van der Waals surface area contributed by atoms with Crippen LogP contribution in [0.1, 0.15) is 33.6 Å². The van der Waals surface area contributed by atoms with E-state index in [1.807, 2.05) is 0 Å². The van der Waals surface area contributed by atoms with E-state index in [-0.39, 0.29) is 38.5 Å². The predicted octanol–water partition coefficient (Wildman–Crippen LogP) is 0.609. The molecule has 2 N–H and O–H groups in total. The van der Waals surface area contributed by atoms with Crippen LogP contribution in [-0.2, 0) is 19.1 Å². The molecule has 0 fully saturated rings. The minimum absolute atomic E-state index is 0.0744. The zero-order valence-electron chi connectivity index (χ0n) is 12.5. The number of carbonyl (C=O) groups excluding carboxylic acids is 3. The third kappa shape index (κ3) is 8.61. The molecule has 21 heavy (non-hydrogen) atoms. The number of amides is 3. The summed E-state index contributed by atoms with van der Waals surface area (Å²) < 4.78 is 4.73. The van der Waals surface area contributed by atoms with Gasteiger partial charge in [-0.15, -0.1) is 0 Å². The van der Waals surface area contributed by atoms with E-state index >= 15 is 0 Å². The highest BCUT2D eigenvalue weighted by atomic mass is 16.5. The van der Waals surface area contributed by atoms with Crippen molar-refractivity contribution in [2.75, 3.05) is 19.7 Å². The highest BCUT2D eigenvalue weighted by Gasteiger charge is 2.20. The number of nitrogens with one attached hydrogen (secondary N) is 1. The summed E-state index contributed by atoms with van der Waals surface area (Å²) in [5.74, 6) is -2.51. The predicted molar refractivity (Wildman–Crippen MR) is 73.5 cm³/mol. The van der Waals surface area contributed by atoms with Crippen molar-refractivity contribution in [1.82, 2.24) is 10.2 Å². The number of carboxylic acid groups (broad SMARTS) is 1. The quantitative estimate of drug-likeness (QED) is 0.635. The van der Waals surface area contributed by atoms with Crippen LogP contribution in [0.5, 0.6) is 0 Å². The number of rotatable bonds is 8. The number of ether oxygens (including phenoxy) is 1. The number of urea groups is 1. The zero-order chi connectivity index (χ0) is 16.4. The molecule has 0 aliphatic rings. The lowest BCUT2D eigenvalue weighted by atomic mass is 10.0. The Hall–Kier alpha value is -2.12. The van der Waals surface area contributed by atoms with Gasteiger partial charge in [0.1, 0.15) is 6.54 Å². The summed E-state index contributed by atoms with van der Waals surface area (Å²) in [4.78, 5) is 46.3. The fraction of sp³-hybridized carbons (Fsp3) is 0.692. The number of nitrogens with zero attached hydrogens (tertiary/aromatic N) is 1. The van der Waals surface area contributed by atoms with Crippen LogP contribution in [0.4, 0.5) is 4.79 Å². The van der Waals surface area contributed by atoms with Gasteiger partial charge in [-0.3, -0.25) is 19.7 Å². The average Bonchev–Trinajstić information content (AvgIpc) is 2.34. The highest BCUT2D eigenvalue weighted by Crippen LogP contribution is 2.07. The van der Waals surface area contributed by atoms with Gasteiger partial charge >= 0.3 is 18.0 Å². The number of hydrogen-bond donors (Lipinski definition) is 2. The van der Waals surface area contributed by atoms with Gasteiger partial charge in [0.05, 0.1) is 6.61 Å². The molecule has 0 saturated carbocycles. The van der Waals surface area contributed by atoms with E-state index < -0.39 is 23.9 Å². The van der Waals surface area contributed by atoms with Crippen LogP contribution < -0.4 is 5.32 Å².